The third kappa shape index (κ3) is 3.64. The number of nitrogens with two attached hydrogens (primary N) is 1. The summed E-state index contributed by atoms with van der Waals surface area (Å²) >= 11 is 1.33. The van der Waals surface area contributed by atoms with Crippen LogP contribution in [0.15, 0.2) is 34.2 Å². The maximum absolute atomic E-state index is 13.6. The number of amides is 1. The van der Waals surface area contributed by atoms with Gasteiger partial charge in [-0.05, 0) is 12.1 Å². The maximum Gasteiger partial charge on any atom is 0.277 e. The van der Waals surface area contributed by atoms with Crippen LogP contribution in [0.25, 0.3) is 0 Å². The summed E-state index contributed by atoms with van der Waals surface area (Å²) in [7, 11) is 0. The van der Waals surface area contributed by atoms with Crippen molar-refractivity contribution in [2.75, 3.05) is 11.1 Å². The third-order valence-electron chi connectivity index (χ3n) is 2.63. The van der Waals surface area contributed by atoms with E-state index in [1.54, 1.807) is 0 Å². The van der Waals surface area contributed by atoms with Gasteiger partial charge in [-0.2, -0.15) is 0 Å². The van der Waals surface area contributed by atoms with Crippen LogP contribution in [0.1, 0.15) is 24.2 Å². The Morgan fingerprint density at radius 1 is 1.41 bits per heavy atom. The number of hydrogen-bond acceptors (Lipinski definition) is 5. The summed E-state index contributed by atoms with van der Waals surface area (Å²) in [5.41, 5.74) is 4.75. The van der Waals surface area contributed by atoms with Gasteiger partial charge >= 0.3 is 0 Å². The lowest BCUT2D eigenvalue weighted by Crippen LogP contribution is -2.23. The molecule has 0 saturated carbocycles. The number of carbonyl (C=O) groups is 1. The Kier molecular flexibility index (Phi) is 4.81. The van der Waals surface area contributed by atoms with E-state index in [2.05, 4.69) is 15.3 Å². The molecule has 6 nitrogen and oxygen atoms in total. The fourth-order valence-electron chi connectivity index (χ4n) is 1.70. The van der Waals surface area contributed by atoms with E-state index in [0.29, 0.717) is 5.16 Å². The van der Waals surface area contributed by atoms with E-state index in [4.69, 9.17) is 5.73 Å². The molecule has 0 unspecified atom stereocenters. The molecule has 22 heavy (non-hydrogen) atoms. The minimum atomic E-state index is -0.763. The normalized spacial score (nSPS) is 10.7. The van der Waals surface area contributed by atoms with Crippen molar-refractivity contribution in [1.29, 1.82) is 0 Å². The highest BCUT2D eigenvalue weighted by Gasteiger charge is 2.16. The molecule has 1 heterocycles. The van der Waals surface area contributed by atoms with E-state index in [1.807, 2.05) is 13.8 Å². The molecule has 1 aromatic heterocycles. The molecular weight excluding hydrogens is 307 g/mol. The van der Waals surface area contributed by atoms with Crippen molar-refractivity contribution >= 4 is 29.2 Å². The Balaban J connectivity index is 2.29. The second kappa shape index (κ2) is 6.61. The number of H-pyrrole nitrogens is 1. The summed E-state index contributed by atoms with van der Waals surface area (Å²) in [6.45, 7) is 3.88. The van der Waals surface area contributed by atoms with Gasteiger partial charge in [0.25, 0.3) is 11.5 Å². The number of anilines is 2. The van der Waals surface area contributed by atoms with Crippen LogP contribution in [0.3, 0.4) is 0 Å². The molecule has 116 valence electrons. The Labute approximate surface area is 130 Å². The molecule has 4 N–H and O–H groups in total. The first kappa shape index (κ1) is 16.0. The van der Waals surface area contributed by atoms with Gasteiger partial charge in [-0.25, -0.2) is 9.37 Å². The number of thioether (sulfide) groups is 1. The predicted octanol–water partition coefficient (Wildman–Crippen LogP) is 2.24. The number of aromatic nitrogens is 2. The van der Waals surface area contributed by atoms with Crippen LogP contribution in [-0.4, -0.2) is 21.1 Å². The molecule has 2 rings (SSSR count). The van der Waals surface area contributed by atoms with Crippen LogP contribution in [0.2, 0.25) is 0 Å². The van der Waals surface area contributed by atoms with Gasteiger partial charge in [-0.3, -0.25) is 14.6 Å². The van der Waals surface area contributed by atoms with Gasteiger partial charge in [0.2, 0.25) is 0 Å². The Morgan fingerprint density at radius 2 is 2.09 bits per heavy atom. The molecular formula is C14H15FN4O2S. The number of nitrogen functional groups attached to an aromatic ring is 1. The van der Waals surface area contributed by atoms with Gasteiger partial charge < -0.3 is 11.1 Å². The third-order valence-corrected chi connectivity index (χ3v) is 3.52. The summed E-state index contributed by atoms with van der Waals surface area (Å²) < 4.78 is 13.6. The molecule has 0 atom stereocenters. The van der Waals surface area contributed by atoms with Gasteiger partial charge in [0.15, 0.2) is 11.0 Å². The van der Waals surface area contributed by atoms with E-state index in [1.165, 1.54) is 30.0 Å². The van der Waals surface area contributed by atoms with Crippen LogP contribution in [0.5, 0.6) is 0 Å². The molecule has 1 aromatic carbocycles. The zero-order valence-electron chi connectivity index (χ0n) is 12.0. The Bertz CT molecular complexity index is 761. The zero-order chi connectivity index (χ0) is 16.3. The fraction of sp³-hybridized carbons (Fsp3) is 0.214. The SMILES string of the molecule is CC(C)Sc1nc(N)c(NC(=O)c2ccccc2F)c(=O)[nH]1. The van der Waals surface area contributed by atoms with E-state index in [-0.39, 0.29) is 22.3 Å². The largest absolute Gasteiger partial charge is 0.382 e. The predicted molar refractivity (Wildman–Crippen MR) is 84.6 cm³/mol. The monoisotopic (exact) mass is 322 g/mol. The van der Waals surface area contributed by atoms with Crippen molar-refractivity contribution in [3.63, 3.8) is 0 Å². The summed E-state index contributed by atoms with van der Waals surface area (Å²) in [5, 5.41) is 2.87. The van der Waals surface area contributed by atoms with Gasteiger partial charge in [0.05, 0.1) is 5.56 Å². The number of aromatic amines is 1. The van der Waals surface area contributed by atoms with E-state index in [9.17, 15) is 14.0 Å². The average molecular weight is 322 g/mol. The second-order valence-electron chi connectivity index (χ2n) is 4.73. The molecule has 0 aliphatic carbocycles. The molecule has 2 aromatic rings. The number of benzene rings is 1. The highest BCUT2D eigenvalue weighted by molar-refractivity contribution is 7.99. The lowest BCUT2D eigenvalue weighted by molar-refractivity contribution is 0.102. The van der Waals surface area contributed by atoms with Crippen molar-refractivity contribution < 1.29 is 9.18 Å². The lowest BCUT2D eigenvalue weighted by atomic mass is 10.2. The van der Waals surface area contributed by atoms with E-state index < -0.39 is 17.3 Å². The molecule has 0 saturated heterocycles. The quantitative estimate of drug-likeness (QED) is 0.592. The van der Waals surface area contributed by atoms with Crippen molar-refractivity contribution in [3.8, 4) is 0 Å². The molecule has 0 bridgehead atoms. The fourth-order valence-corrected chi connectivity index (χ4v) is 2.44. The summed E-state index contributed by atoms with van der Waals surface area (Å²) in [5.74, 6) is -1.56. The van der Waals surface area contributed by atoms with Crippen molar-refractivity contribution in [2.24, 2.45) is 0 Å². The molecule has 0 fully saturated rings. The van der Waals surface area contributed by atoms with Crippen LogP contribution in [0, 0.1) is 5.82 Å². The molecule has 0 spiro atoms. The second-order valence-corrected chi connectivity index (χ2v) is 6.30. The van der Waals surface area contributed by atoms with Gasteiger partial charge in [0, 0.05) is 5.25 Å². The van der Waals surface area contributed by atoms with E-state index in [0.717, 1.165) is 6.07 Å². The van der Waals surface area contributed by atoms with Crippen molar-refractivity contribution in [1.82, 2.24) is 9.97 Å². The van der Waals surface area contributed by atoms with Gasteiger partial charge in [-0.15, -0.1) is 0 Å². The minimum absolute atomic E-state index is 0.114. The van der Waals surface area contributed by atoms with E-state index >= 15 is 0 Å². The average Bonchev–Trinajstić information content (AvgIpc) is 2.42. The first-order chi connectivity index (χ1) is 10.4. The molecule has 0 radical (unpaired) electrons. The van der Waals surface area contributed by atoms with Crippen LogP contribution in [-0.2, 0) is 0 Å². The number of hydrogen-bond donors (Lipinski definition) is 3. The number of nitrogens with one attached hydrogen (secondary N) is 2. The minimum Gasteiger partial charge on any atom is -0.382 e. The molecule has 0 aliphatic rings. The maximum atomic E-state index is 13.6. The van der Waals surface area contributed by atoms with Gasteiger partial charge in [0.1, 0.15) is 11.5 Å². The topological polar surface area (TPSA) is 101 Å². The van der Waals surface area contributed by atoms with Crippen molar-refractivity contribution in [2.45, 2.75) is 24.3 Å². The summed E-state index contributed by atoms with van der Waals surface area (Å²) in [4.78, 5) is 30.6. The molecule has 8 heteroatoms. The Morgan fingerprint density at radius 3 is 2.68 bits per heavy atom. The number of rotatable bonds is 4. The Hall–Kier alpha value is -2.35. The van der Waals surface area contributed by atoms with Crippen LogP contribution >= 0.6 is 11.8 Å². The molecule has 0 aliphatic heterocycles. The number of nitrogens with zero attached hydrogens (tertiary/aromatic N) is 1. The van der Waals surface area contributed by atoms with Gasteiger partial charge in [-0.1, -0.05) is 37.7 Å². The highest BCUT2D eigenvalue weighted by atomic mass is 32.2. The zero-order valence-corrected chi connectivity index (χ0v) is 12.8. The first-order valence-electron chi connectivity index (χ1n) is 6.50. The highest BCUT2D eigenvalue weighted by Crippen LogP contribution is 2.21. The van der Waals surface area contributed by atoms with Crippen LogP contribution in [0.4, 0.5) is 15.9 Å². The number of carbonyl (C=O) groups excluding carboxylic acids is 1. The summed E-state index contributed by atoms with van der Waals surface area (Å²) in [6, 6.07) is 5.45. The molecule has 1 amide bonds. The van der Waals surface area contributed by atoms with Crippen LogP contribution < -0.4 is 16.6 Å². The summed E-state index contributed by atoms with van der Waals surface area (Å²) in [6.07, 6.45) is 0. The number of halogens is 1. The first-order valence-corrected chi connectivity index (χ1v) is 7.38. The standard InChI is InChI=1S/C14H15FN4O2S/c1-7(2)22-14-18-11(16)10(13(21)19-14)17-12(20)8-5-3-4-6-9(8)15/h3-7H,1-2H3,(H,17,20)(H3,16,18,19,21). The lowest BCUT2D eigenvalue weighted by Gasteiger charge is -2.09. The van der Waals surface area contributed by atoms with Crippen molar-refractivity contribution in [3.05, 3.63) is 46.0 Å². The smallest absolute Gasteiger partial charge is 0.277 e.